The molecule has 1 aromatic heterocycles. The molecular weight excluding hydrogens is 292 g/mol. The summed E-state index contributed by atoms with van der Waals surface area (Å²) in [6.45, 7) is 2.06. The normalized spacial score (nSPS) is 10.7. The summed E-state index contributed by atoms with van der Waals surface area (Å²) in [6.07, 6.45) is 1.22. The van der Waals surface area contributed by atoms with Crippen LogP contribution < -0.4 is 5.56 Å². The van der Waals surface area contributed by atoms with Gasteiger partial charge in [0.1, 0.15) is 13.2 Å². The number of hydrogen-bond acceptors (Lipinski definition) is 4. The van der Waals surface area contributed by atoms with Gasteiger partial charge in [-0.1, -0.05) is 42.0 Å². The van der Waals surface area contributed by atoms with E-state index in [0.29, 0.717) is 11.0 Å². The maximum Gasteiger partial charge on any atom is 0.326 e. The molecule has 0 spiro atoms. The van der Waals surface area contributed by atoms with Crippen molar-refractivity contribution in [2.75, 3.05) is 0 Å². The van der Waals surface area contributed by atoms with Crippen LogP contribution in [0.15, 0.2) is 59.5 Å². The lowest BCUT2D eigenvalue weighted by molar-refractivity contribution is -0.145. The van der Waals surface area contributed by atoms with Crippen molar-refractivity contribution < 1.29 is 9.53 Å². The zero-order chi connectivity index (χ0) is 16.2. The highest BCUT2D eigenvalue weighted by Gasteiger charge is 2.10. The summed E-state index contributed by atoms with van der Waals surface area (Å²) in [5.74, 6) is -0.455. The van der Waals surface area contributed by atoms with Gasteiger partial charge in [0, 0.05) is 0 Å². The Hall–Kier alpha value is -2.95. The molecule has 0 radical (unpaired) electrons. The highest BCUT2D eigenvalue weighted by Crippen LogP contribution is 2.09. The molecule has 0 N–H and O–H groups in total. The number of carbonyl (C=O) groups excluding carboxylic acids is 1. The van der Waals surface area contributed by atoms with E-state index in [1.165, 1.54) is 10.8 Å². The van der Waals surface area contributed by atoms with E-state index in [0.717, 1.165) is 11.1 Å². The van der Waals surface area contributed by atoms with Crippen LogP contribution in [0.1, 0.15) is 11.1 Å². The second kappa shape index (κ2) is 6.44. The number of aryl methyl sites for hydroxylation is 1. The van der Waals surface area contributed by atoms with Crippen LogP contribution >= 0.6 is 0 Å². The minimum atomic E-state index is -0.455. The van der Waals surface area contributed by atoms with Crippen LogP contribution in [0, 0.1) is 6.92 Å². The summed E-state index contributed by atoms with van der Waals surface area (Å²) >= 11 is 0. The fourth-order valence-electron chi connectivity index (χ4n) is 2.30. The average Bonchev–Trinajstić information content (AvgIpc) is 2.57. The van der Waals surface area contributed by atoms with Gasteiger partial charge in [0.15, 0.2) is 0 Å². The van der Waals surface area contributed by atoms with Crippen molar-refractivity contribution in [3.63, 3.8) is 0 Å². The Morgan fingerprint density at radius 1 is 1.13 bits per heavy atom. The number of hydrogen-bond donors (Lipinski definition) is 0. The van der Waals surface area contributed by atoms with E-state index in [9.17, 15) is 9.59 Å². The lowest BCUT2D eigenvalue weighted by Gasteiger charge is -2.09. The smallest absolute Gasteiger partial charge is 0.326 e. The second-order valence-electron chi connectivity index (χ2n) is 5.32. The Bertz CT molecular complexity index is 898. The zero-order valence-electron chi connectivity index (χ0n) is 12.7. The first kappa shape index (κ1) is 15.0. The van der Waals surface area contributed by atoms with Crippen molar-refractivity contribution in [2.45, 2.75) is 20.1 Å². The first-order valence-corrected chi connectivity index (χ1v) is 7.29. The van der Waals surface area contributed by atoms with Crippen LogP contribution in [0.4, 0.5) is 0 Å². The fraction of sp³-hybridized carbons (Fsp3) is 0.167. The molecule has 0 saturated heterocycles. The minimum Gasteiger partial charge on any atom is -0.459 e. The molecule has 116 valence electrons. The summed E-state index contributed by atoms with van der Waals surface area (Å²) in [7, 11) is 0. The predicted molar refractivity (Wildman–Crippen MR) is 87.0 cm³/mol. The van der Waals surface area contributed by atoms with Crippen LogP contribution in [0.2, 0.25) is 0 Å². The molecule has 0 fully saturated rings. The Morgan fingerprint density at radius 3 is 2.65 bits per heavy atom. The third kappa shape index (κ3) is 3.45. The van der Waals surface area contributed by atoms with Crippen molar-refractivity contribution >= 4 is 17.0 Å². The maximum atomic E-state index is 12.0. The Morgan fingerprint density at radius 2 is 1.87 bits per heavy atom. The summed E-state index contributed by atoms with van der Waals surface area (Å²) in [4.78, 5) is 28.1. The molecule has 3 aromatic rings. The Balaban J connectivity index is 1.74. The standard InChI is InChI=1S/C18H16N2O3/c1-13-6-8-14(9-7-13)12-23-18(22)11-20-16-5-3-2-4-15(16)19-10-17(20)21/h2-10H,11-12H2,1H3. The van der Waals surface area contributed by atoms with Crippen molar-refractivity contribution in [3.05, 3.63) is 76.2 Å². The molecule has 3 rings (SSSR count). The maximum absolute atomic E-state index is 12.0. The van der Waals surface area contributed by atoms with Crippen molar-refractivity contribution in [2.24, 2.45) is 0 Å². The number of esters is 1. The number of rotatable bonds is 4. The van der Waals surface area contributed by atoms with Crippen molar-refractivity contribution in [1.82, 2.24) is 9.55 Å². The highest BCUT2D eigenvalue weighted by atomic mass is 16.5. The predicted octanol–water partition coefficient (Wildman–Crippen LogP) is 2.45. The number of ether oxygens (including phenoxy) is 1. The van der Waals surface area contributed by atoms with E-state index >= 15 is 0 Å². The molecule has 0 aliphatic heterocycles. The SMILES string of the molecule is Cc1ccc(COC(=O)Cn2c(=O)cnc3ccccc32)cc1. The topological polar surface area (TPSA) is 61.2 Å². The molecule has 0 amide bonds. The molecule has 1 heterocycles. The van der Waals surface area contributed by atoms with Gasteiger partial charge in [-0.3, -0.25) is 14.2 Å². The van der Waals surface area contributed by atoms with Crippen LogP contribution in [0.3, 0.4) is 0 Å². The molecule has 0 aliphatic rings. The molecule has 0 unspecified atom stereocenters. The first-order chi connectivity index (χ1) is 11.1. The molecule has 0 saturated carbocycles. The van der Waals surface area contributed by atoms with Crippen molar-refractivity contribution in [1.29, 1.82) is 0 Å². The largest absolute Gasteiger partial charge is 0.459 e. The van der Waals surface area contributed by atoms with Gasteiger partial charge in [0.05, 0.1) is 17.2 Å². The van der Waals surface area contributed by atoms with Gasteiger partial charge in [-0.25, -0.2) is 4.98 Å². The van der Waals surface area contributed by atoms with E-state index < -0.39 is 5.97 Å². The Labute approximate surface area is 133 Å². The Kier molecular flexibility index (Phi) is 4.19. The lowest BCUT2D eigenvalue weighted by atomic mass is 10.2. The minimum absolute atomic E-state index is 0.131. The number of nitrogens with zero attached hydrogens (tertiary/aromatic N) is 2. The van der Waals surface area contributed by atoms with E-state index in [2.05, 4.69) is 4.98 Å². The van der Waals surface area contributed by atoms with E-state index in [4.69, 9.17) is 4.74 Å². The molecule has 23 heavy (non-hydrogen) atoms. The van der Waals surface area contributed by atoms with Gasteiger partial charge < -0.3 is 4.74 Å². The number of aromatic nitrogens is 2. The number of para-hydroxylation sites is 2. The molecule has 0 bridgehead atoms. The van der Waals surface area contributed by atoms with Gasteiger partial charge in [0.25, 0.3) is 5.56 Å². The third-order valence-electron chi connectivity index (χ3n) is 3.56. The molecule has 5 heteroatoms. The summed E-state index contributed by atoms with van der Waals surface area (Å²) in [5, 5.41) is 0. The number of carbonyl (C=O) groups is 1. The number of benzene rings is 2. The molecular formula is C18H16N2O3. The summed E-state index contributed by atoms with van der Waals surface area (Å²) in [6, 6.07) is 14.9. The highest BCUT2D eigenvalue weighted by molar-refractivity contribution is 5.77. The van der Waals surface area contributed by atoms with Gasteiger partial charge >= 0.3 is 5.97 Å². The average molecular weight is 308 g/mol. The second-order valence-corrected chi connectivity index (χ2v) is 5.32. The zero-order valence-corrected chi connectivity index (χ0v) is 12.7. The number of fused-ring (bicyclic) bond motifs is 1. The van der Waals surface area contributed by atoms with Crippen molar-refractivity contribution in [3.8, 4) is 0 Å². The molecule has 2 aromatic carbocycles. The van der Waals surface area contributed by atoms with Crippen LogP contribution in [-0.2, 0) is 22.7 Å². The fourth-order valence-corrected chi connectivity index (χ4v) is 2.30. The molecule has 0 atom stereocenters. The van der Waals surface area contributed by atoms with E-state index in [-0.39, 0.29) is 18.7 Å². The van der Waals surface area contributed by atoms with Crippen LogP contribution in [0.25, 0.3) is 11.0 Å². The summed E-state index contributed by atoms with van der Waals surface area (Å²) in [5.41, 5.74) is 3.02. The monoisotopic (exact) mass is 308 g/mol. The van der Waals surface area contributed by atoms with Gasteiger partial charge in [-0.05, 0) is 24.6 Å². The van der Waals surface area contributed by atoms with Gasteiger partial charge in [-0.15, -0.1) is 0 Å². The van der Waals surface area contributed by atoms with Gasteiger partial charge in [-0.2, -0.15) is 0 Å². The lowest BCUT2D eigenvalue weighted by Crippen LogP contribution is -2.25. The van der Waals surface area contributed by atoms with E-state index in [1.807, 2.05) is 37.3 Å². The first-order valence-electron chi connectivity index (χ1n) is 7.29. The van der Waals surface area contributed by atoms with Crippen LogP contribution in [-0.4, -0.2) is 15.5 Å². The molecule has 0 aliphatic carbocycles. The summed E-state index contributed by atoms with van der Waals surface area (Å²) < 4.78 is 6.63. The van der Waals surface area contributed by atoms with Crippen LogP contribution in [0.5, 0.6) is 0 Å². The van der Waals surface area contributed by atoms with E-state index in [1.54, 1.807) is 18.2 Å². The third-order valence-corrected chi connectivity index (χ3v) is 3.56. The quantitative estimate of drug-likeness (QED) is 0.695. The van der Waals surface area contributed by atoms with Gasteiger partial charge in [0.2, 0.25) is 0 Å². The molecule has 5 nitrogen and oxygen atoms in total.